The average molecular weight is 656 g/mol. The van der Waals surface area contributed by atoms with E-state index in [-0.39, 0.29) is 42.1 Å². The third-order valence-electron chi connectivity index (χ3n) is 13.4. The maximum absolute atomic E-state index is 13.5. The fourth-order valence-electron chi connectivity index (χ4n) is 10.9. The normalized spacial score (nSPS) is 46.4. The lowest BCUT2D eigenvalue weighted by molar-refractivity contribution is -0.282. The number of aliphatic hydroxyl groups excluding tert-OH is 2. The van der Waals surface area contributed by atoms with Gasteiger partial charge in [-0.05, 0) is 106 Å². The van der Waals surface area contributed by atoms with Crippen LogP contribution >= 0.6 is 0 Å². The predicted octanol–water partition coefficient (Wildman–Crippen LogP) is 4.03. The molecule has 258 valence electrons. The molecule has 4 saturated carbocycles. The number of carbonyl (C=O) groups is 1. The standard InChI is InChI=1S/C37H50FNO8/c1-22-33(42)30(40)18-32(46-22)47-26-7-13-35(21-39-16-11-23-3-5-25(38)6-4-23)28-8-12-34(2)27(24-17-31(41)45-20-24)10-15-37(34,44)29(28)9-14-36(35,43)19-26/h3-6,17,21-22,26-30,32-33,40,42-44H,7-16,18-20H2,1-2H3/t22-,26+,27+,28-,29+,30-,32+,33-,34-,35+,36-,37+/m1/s1. The summed E-state index contributed by atoms with van der Waals surface area (Å²) in [5, 5.41) is 46.0. The lowest BCUT2D eigenvalue weighted by Crippen LogP contribution is -2.69. The summed E-state index contributed by atoms with van der Waals surface area (Å²) in [6, 6.07) is 6.46. The molecule has 4 N–H and O–H groups in total. The molecule has 1 saturated heterocycles. The van der Waals surface area contributed by atoms with Gasteiger partial charge in [0.25, 0.3) is 0 Å². The summed E-state index contributed by atoms with van der Waals surface area (Å²) in [5.74, 6) is -0.523. The zero-order valence-corrected chi connectivity index (χ0v) is 27.5. The van der Waals surface area contributed by atoms with Gasteiger partial charge in [-0.1, -0.05) is 19.1 Å². The summed E-state index contributed by atoms with van der Waals surface area (Å²) < 4.78 is 31.0. The van der Waals surface area contributed by atoms with Gasteiger partial charge in [0.15, 0.2) is 6.29 Å². The highest BCUT2D eigenvalue weighted by atomic mass is 19.1. The molecule has 0 unspecified atom stereocenters. The first-order chi connectivity index (χ1) is 22.4. The monoisotopic (exact) mass is 655 g/mol. The van der Waals surface area contributed by atoms with Crippen LogP contribution in [0.15, 0.2) is 40.9 Å². The molecule has 0 spiro atoms. The first-order valence-electron chi connectivity index (χ1n) is 17.6. The smallest absolute Gasteiger partial charge is 0.331 e. The Labute approximate surface area is 276 Å². The van der Waals surface area contributed by atoms with Crippen LogP contribution in [0.2, 0.25) is 0 Å². The quantitative estimate of drug-likeness (QED) is 0.196. The largest absolute Gasteiger partial charge is 0.458 e. The van der Waals surface area contributed by atoms with Crippen LogP contribution < -0.4 is 0 Å². The van der Waals surface area contributed by atoms with Crippen molar-refractivity contribution in [2.45, 2.75) is 126 Å². The molecule has 2 heterocycles. The van der Waals surface area contributed by atoms with Crippen molar-refractivity contribution in [3.63, 3.8) is 0 Å². The summed E-state index contributed by atoms with van der Waals surface area (Å²) in [5.41, 5.74) is -1.15. The van der Waals surface area contributed by atoms with E-state index >= 15 is 0 Å². The van der Waals surface area contributed by atoms with Crippen LogP contribution in [-0.4, -0.2) is 87.7 Å². The summed E-state index contributed by atoms with van der Waals surface area (Å²) in [6.07, 6.45) is 6.93. The minimum atomic E-state index is -1.12. The fourth-order valence-corrected chi connectivity index (χ4v) is 10.9. The van der Waals surface area contributed by atoms with Crippen molar-refractivity contribution in [2.75, 3.05) is 13.2 Å². The Hall–Kier alpha value is -2.21. The number of benzene rings is 1. The lowest BCUT2D eigenvalue weighted by atomic mass is 9.41. The Bertz CT molecular complexity index is 1390. The van der Waals surface area contributed by atoms with Gasteiger partial charge in [0.2, 0.25) is 0 Å². The van der Waals surface area contributed by atoms with Crippen LogP contribution in [0.3, 0.4) is 0 Å². The summed E-state index contributed by atoms with van der Waals surface area (Å²) in [7, 11) is 0. The van der Waals surface area contributed by atoms with Crippen LogP contribution in [0.25, 0.3) is 0 Å². The second-order valence-corrected chi connectivity index (χ2v) is 15.6. The third-order valence-corrected chi connectivity index (χ3v) is 13.4. The van der Waals surface area contributed by atoms with Gasteiger partial charge >= 0.3 is 5.97 Å². The number of carbonyl (C=O) groups excluding carboxylic acids is 1. The van der Waals surface area contributed by atoms with Crippen LogP contribution in [0, 0.1) is 34.4 Å². The molecular formula is C37H50FNO8. The van der Waals surface area contributed by atoms with Crippen molar-refractivity contribution in [2.24, 2.45) is 33.6 Å². The molecule has 12 atom stereocenters. The molecule has 0 radical (unpaired) electrons. The second-order valence-electron chi connectivity index (χ2n) is 15.6. The number of aliphatic hydroxyl groups is 4. The molecule has 1 aromatic rings. The van der Waals surface area contributed by atoms with Crippen molar-refractivity contribution < 1.29 is 43.8 Å². The Kier molecular flexibility index (Phi) is 8.70. The van der Waals surface area contributed by atoms with E-state index in [0.717, 1.165) is 30.4 Å². The number of aliphatic imine (C=N–C) groups is 1. The Morgan fingerprint density at radius 1 is 1.04 bits per heavy atom. The van der Waals surface area contributed by atoms with Gasteiger partial charge in [-0.3, -0.25) is 4.99 Å². The van der Waals surface area contributed by atoms with E-state index in [0.29, 0.717) is 58.1 Å². The van der Waals surface area contributed by atoms with Gasteiger partial charge in [0, 0.05) is 42.5 Å². The van der Waals surface area contributed by atoms with Crippen molar-refractivity contribution in [1.29, 1.82) is 0 Å². The van der Waals surface area contributed by atoms with E-state index in [1.807, 2.05) is 6.21 Å². The molecule has 4 aliphatic carbocycles. The van der Waals surface area contributed by atoms with Crippen LogP contribution in [-0.2, 0) is 25.4 Å². The third kappa shape index (κ3) is 5.51. The fraction of sp³-hybridized carbons (Fsp3) is 0.730. The van der Waals surface area contributed by atoms with Crippen molar-refractivity contribution in [1.82, 2.24) is 0 Å². The van der Waals surface area contributed by atoms with Gasteiger partial charge in [0.05, 0.1) is 29.5 Å². The highest BCUT2D eigenvalue weighted by molar-refractivity contribution is 5.85. The van der Waals surface area contributed by atoms with Crippen molar-refractivity contribution in [3.8, 4) is 0 Å². The minimum Gasteiger partial charge on any atom is -0.458 e. The van der Waals surface area contributed by atoms with Crippen LogP contribution in [0.1, 0.15) is 83.6 Å². The average Bonchev–Trinajstić information content (AvgIpc) is 3.58. The number of ether oxygens (including phenoxy) is 3. The van der Waals surface area contributed by atoms with Gasteiger partial charge < -0.3 is 34.6 Å². The maximum atomic E-state index is 13.5. The van der Waals surface area contributed by atoms with Crippen molar-refractivity contribution >= 4 is 12.2 Å². The van der Waals surface area contributed by atoms with Crippen LogP contribution in [0.4, 0.5) is 4.39 Å². The van der Waals surface area contributed by atoms with Gasteiger partial charge in [-0.25, -0.2) is 9.18 Å². The van der Waals surface area contributed by atoms with E-state index in [1.54, 1.807) is 25.1 Å². The molecule has 47 heavy (non-hydrogen) atoms. The number of cyclic esters (lactones) is 1. The zero-order chi connectivity index (χ0) is 33.2. The maximum Gasteiger partial charge on any atom is 0.331 e. The second kappa shape index (κ2) is 12.3. The van der Waals surface area contributed by atoms with Gasteiger partial charge in [-0.15, -0.1) is 0 Å². The SMILES string of the molecule is C[C@H]1O[C@@H](O[C@H]2CC[C@]3(C=NCCc4ccc(F)cc4)[C@@H]4CC[C@]5(C)[C@H](C6=CC(=O)OC6)CC[C@]5(O)[C@H]4CC[C@@]3(O)C2)C[C@@H](O)[C@@H]1O. The topological polar surface area (TPSA) is 138 Å². The molecule has 9 nitrogen and oxygen atoms in total. The van der Waals surface area contributed by atoms with E-state index in [2.05, 4.69) is 6.92 Å². The van der Waals surface area contributed by atoms with Crippen molar-refractivity contribution in [3.05, 3.63) is 47.3 Å². The van der Waals surface area contributed by atoms with E-state index in [4.69, 9.17) is 19.2 Å². The Balaban J connectivity index is 1.15. The number of hydrogen-bond donors (Lipinski definition) is 4. The number of hydrogen-bond acceptors (Lipinski definition) is 9. The lowest BCUT2D eigenvalue weighted by Gasteiger charge is -2.66. The van der Waals surface area contributed by atoms with E-state index < -0.39 is 46.6 Å². The van der Waals surface area contributed by atoms with E-state index in [1.165, 1.54) is 12.1 Å². The number of nitrogens with zero attached hydrogens (tertiary/aromatic N) is 1. The number of halogens is 1. The van der Waals surface area contributed by atoms with Gasteiger partial charge in [0.1, 0.15) is 18.5 Å². The minimum absolute atomic E-state index is 0.00644. The molecule has 1 aromatic carbocycles. The molecule has 7 rings (SSSR count). The molecule has 0 amide bonds. The zero-order valence-electron chi connectivity index (χ0n) is 27.5. The van der Waals surface area contributed by atoms with E-state index in [9.17, 15) is 29.6 Å². The summed E-state index contributed by atoms with van der Waals surface area (Å²) >= 11 is 0. The number of esters is 1. The molecular weight excluding hydrogens is 605 g/mol. The molecule has 2 aliphatic heterocycles. The van der Waals surface area contributed by atoms with Crippen LogP contribution in [0.5, 0.6) is 0 Å². The number of fused-ring (bicyclic) bond motifs is 5. The number of rotatable bonds is 7. The first-order valence-corrected chi connectivity index (χ1v) is 17.6. The molecule has 10 heteroatoms. The summed E-state index contributed by atoms with van der Waals surface area (Å²) in [6.45, 7) is 4.71. The molecule has 6 aliphatic rings. The summed E-state index contributed by atoms with van der Waals surface area (Å²) in [4.78, 5) is 16.9. The molecule has 0 bridgehead atoms. The predicted molar refractivity (Wildman–Crippen MR) is 171 cm³/mol. The molecule has 5 fully saturated rings. The Morgan fingerprint density at radius 2 is 1.81 bits per heavy atom. The highest BCUT2D eigenvalue weighted by Gasteiger charge is 2.71. The Morgan fingerprint density at radius 3 is 2.53 bits per heavy atom. The molecule has 0 aromatic heterocycles. The van der Waals surface area contributed by atoms with Gasteiger partial charge in [-0.2, -0.15) is 0 Å². The first kappa shape index (κ1) is 33.3. The highest BCUT2D eigenvalue weighted by Crippen LogP contribution is 2.70.